The highest BCUT2D eigenvalue weighted by atomic mass is 32.2. The second kappa shape index (κ2) is 5.90. The highest BCUT2D eigenvalue weighted by molar-refractivity contribution is 7.89. The molecule has 0 aliphatic carbocycles. The average molecular weight is 304 g/mol. The van der Waals surface area contributed by atoms with Gasteiger partial charge in [0.1, 0.15) is 0 Å². The number of hydrogen-bond acceptors (Lipinski definition) is 5. The maximum Gasteiger partial charge on any atom is 0.330 e. The molecule has 0 spiro atoms. The molecule has 8 nitrogen and oxygen atoms in total. The molecule has 3 N–H and O–H groups in total. The van der Waals surface area contributed by atoms with Gasteiger partial charge in [0.2, 0.25) is 10.0 Å². The summed E-state index contributed by atoms with van der Waals surface area (Å²) in [4.78, 5) is 22.9. The van der Waals surface area contributed by atoms with Gasteiger partial charge in [0.15, 0.2) is 4.90 Å². The van der Waals surface area contributed by atoms with Crippen LogP contribution in [0.15, 0.2) is 20.7 Å². The van der Waals surface area contributed by atoms with E-state index in [-0.39, 0.29) is 18.5 Å². The van der Waals surface area contributed by atoms with Gasteiger partial charge < -0.3 is 10.3 Å². The lowest BCUT2D eigenvalue weighted by atomic mass is 10.1. The molecule has 1 aromatic rings. The number of rotatable bonds is 5. The predicted octanol–water partition coefficient (Wildman–Crippen LogP) is -1.65. The van der Waals surface area contributed by atoms with Gasteiger partial charge in [-0.05, 0) is 5.92 Å². The number of nitrogens with two attached hydrogens (primary N) is 1. The van der Waals surface area contributed by atoms with Crippen LogP contribution in [0.2, 0.25) is 0 Å². The summed E-state index contributed by atoms with van der Waals surface area (Å²) in [6.07, 6.45) is 1.01. The van der Waals surface area contributed by atoms with Gasteiger partial charge in [0, 0.05) is 32.9 Å². The largest absolute Gasteiger partial charge is 0.330 e. The molecule has 1 aromatic heterocycles. The lowest BCUT2D eigenvalue weighted by molar-refractivity contribution is 0.480. The van der Waals surface area contributed by atoms with Gasteiger partial charge in [0.25, 0.3) is 5.56 Å². The van der Waals surface area contributed by atoms with Crippen molar-refractivity contribution < 1.29 is 8.42 Å². The summed E-state index contributed by atoms with van der Waals surface area (Å²) in [5.74, 6) is 0.0978. The van der Waals surface area contributed by atoms with Crippen LogP contribution in [-0.2, 0) is 24.1 Å². The van der Waals surface area contributed by atoms with Crippen LogP contribution in [0.3, 0.4) is 0 Å². The maximum absolute atomic E-state index is 12.1. The van der Waals surface area contributed by atoms with Crippen molar-refractivity contribution in [2.45, 2.75) is 24.8 Å². The third kappa shape index (κ3) is 3.35. The zero-order valence-electron chi connectivity index (χ0n) is 12.0. The Labute approximate surface area is 117 Å². The average Bonchev–Trinajstić information content (AvgIpc) is 2.37. The molecule has 114 valence electrons. The Balaban J connectivity index is 3.18. The molecule has 0 aliphatic rings. The lowest BCUT2D eigenvalue weighted by Gasteiger charge is -2.16. The number of sulfonamides is 1. The normalized spacial score (nSPS) is 13.7. The van der Waals surface area contributed by atoms with Crippen LogP contribution in [0.25, 0.3) is 0 Å². The standard InChI is InChI=1S/C11H20N4O4S/c1-7(2)8(12)5-13-20(18,19)9-6-14(3)11(17)15(4)10(9)16/h6-8,13H,5,12H2,1-4H3. The van der Waals surface area contributed by atoms with E-state index < -0.39 is 26.2 Å². The first-order chi connectivity index (χ1) is 9.08. The molecule has 1 atom stereocenters. The zero-order valence-corrected chi connectivity index (χ0v) is 12.8. The lowest BCUT2D eigenvalue weighted by Crippen LogP contribution is -2.44. The van der Waals surface area contributed by atoms with E-state index in [9.17, 15) is 18.0 Å². The Bertz CT molecular complexity index is 702. The van der Waals surface area contributed by atoms with Crippen molar-refractivity contribution in [1.29, 1.82) is 0 Å². The second-order valence-corrected chi connectivity index (χ2v) is 6.75. The number of nitrogens with zero attached hydrogens (tertiary/aromatic N) is 2. The van der Waals surface area contributed by atoms with Gasteiger partial charge >= 0.3 is 5.69 Å². The molecule has 0 bridgehead atoms. The molecule has 1 rings (SSSR count). The van der Waals surface area contributed by atoms with E-state index in [0.717, 1.165) is 15.3 Å². The molecule has 0 saturated heterocycles. The summed E-state index contributed by atoms with van der Waals surface area (Å²) in [6, 6.07) is -0.360. The van der Waals surface area contributed by atoms with Crippen LogP contribution in [0, 0.1) is 5.92 Å². The zero-order chi connectivity index (χ0) is 15.7. The highest BCUT2D eigenvalue weighted by Gasteiger charge is 2.22. The Kier molecular flexibility index (Phi) is 4.90. The molecule has 20 heavy (non-hydrogen) atoms. The highest BCUT2D eigenvalue weighted by Crippen LogP contribution is 2.02. The molecule has 0 radical (unpaired) electrons. The van der Waals surface area contributed by atoms with Crippen molar-refractivity contribution in [3.63, 3.8) is 0 Å². The molecule has 0 fully saturated rings. The number of aromatic nitrogens is 2. The van der Waals surface area contributed by atoms with E-state index in [2.05, 4.69) is 4.72 Å². The summed E-state index contributed by atoms with van der Waals surface area (Å²) in [5, 5.41) is 0. The SMILES string of the molecule is CC(C)C(N)CNS(=O)(=O)c1cn(C)c(=O)n(C)c1=O. The predicted molar refractivity (Wildman–Crippen MR) is 74.9 cm³/mol. The van der Waals surface area contributed by atoms with Crippen molar-refractivity contribution in [2.24, 2.45) is 25.7 Å². The van der Waals surface area contributed by atoms with Crippen molar-refractivity contribution >= 4 is 10.0 Å². The third-order valence-corrected chi connectivity index (χ3v) is 4.48. The van der Waals surface area contributed by atoms with E-state index >= 15 is 0 Å². The van der Waals surface area contributed by atoms with Gasteiger partial charge in [-0.15, -0.1) is 0 Å². The molecular weight excluding hydrogens is 284 g/mol. The van der Waals surface area contributed by atoms with Crippen LogP contribution < -0.4 is 21.7 Å². The van der Waals surface area contributed by atoms with E-state index in [1.54, 1.807) is 0 Å². The first-order valence-corrected chi connectivity index (χ1v) is 7.58. The summed E-state index contributed by atoms with van der Waals surface area (Å²) in [7, 11) is -1.40. The smallest absolute Gasteiger partial charge is 0.326 e. The number of aryl methyl sites for hydroxylation is 1. The van der Waals surface area contributed by atoms with E-state index in [0.29, 0.717) is 0 Å². The molecule has 0 amide bonds. The Morgan fingerprint density at radius 1 is 1.30 bits per heavy atom. The van der Waals surface area contributed by atoms with Gasteiger partial charge in [0.05, 0.1) is 0 Å². The molecule has 0 aromatic carbocycles. The van der Waals surface area contributed by atoms with Gasteiger partial charge in [-0.3, -0.25) is 9.36 Å². The summed E-state index contributed by atoms with van der Waals surface area (Å²) in [5.41, 5.74) is 4.31. The van der Waals surface area contributed by atoms with Gasteiger partial charge in [-0.2, -0.15) is 0 Å². The van der Waals surface area contributed by atoms with Crippen molar-refractivity contribution in [3.8, 4) is 0 Å². The van der Waals surface area contributed by atoms with Crippen LogP contribution >= 0.6 is 0 Å². The van der Waals surface area contributed by atoms with Crippen LogP contribution in [0.5, 0.6) is 0 Å². The fourth-order valence-corrected chi connectivity index (χ4v) is 2.71. The van der Waals surface area contributed by atoms with Crippen molar-refractivity contribution in [3.05, 3.63) is 27.0 Å². The van der Waals surface area contributed by atoms with E-state index in [4.69, 9.17) is 5.73 Å². The molecule has 0 aliphatic heterocycles. The fourth-order valence-electron chi connectivity index (χ4n) is 1.48. The minimum Gasteiger partial charge on any atom is -0.326 e. The van der Waals surface area contributed by atoms with Crippen LogP contribution in [0.1, 0.15) is 13.8 Å². The number of hydrogen-bond donors (Lipinski definition) is 2. The second-order valence-electron chi connectivity index (χ2n) is 5.01. The van der Waals surface area contributed by atoms with Crippen molar-refractivity contribution in [2.75, 3.05) is 6.54 Å². The summed E-state index contributed by atoms with van der Waals surface area (Å²) in [6.45, 7) is 3.75. The topological polar surface area (TPSA) is 116 Å². The first kappa shape index (κ1) is 16.6. The molecule has 9 heteroatoms. The van der Waals surface area contributed by atoms with E-state index in [1.165, 1.54) is 14.1 Å². The third-order valence-electron chi connectivity index (χ3n) is 3.07. The maximum atomic E-state index is 12.1. The van der Waals surface area contributed by atoms with E-state index in [1.807, 2.05) is 13.8 Å². The monoisotopic (exact) mass is 304 g/mol. The van der Waals surface area contributed by atoms with Crippen LogP contribution in [-0.4, -0.2) is 30.1 Å². The number of nitrogens with one attached hydrogen (secondary N) is 1. The summed E-state index contributed by atoms with van der Waals surface area (Å²) >= 11 is 0. The minimum atomic E-state index is -4.00. The van der Waals surface area contributed by atoms with Crippen LogP contribution in [0.4, 0.5) is 0 Å². The first-order valence-electron chi connectivity index (χ1n) is 6.10. The Hall–Kier alpha value is -1.45. The van der Waals surface area contributed by atoms with Crippen molar-refractivity contribution in [1.82, 2.24) is 13.9 Å². The van der Waals surface area contributed by atoms with Gasteiger partial charge in [-0.25, -0.2) is 17.9 Å². The molecule has 0 saturated carbocycles. The molecule has 1 heterocycles. The fraction of sp³-hybridized carbons (Fsp3) is 0.636. The minimum absolute atomic E-state index is 0.0198. The Morgan fingerprint density at radius 2 is 1.85 bits per heavy atom. The quantitative estimate of drug-likeness (QED) is 0.676. The molecular formula is C11H20N4O4S. The van der Waals surface area contributed by atoms with Gasteiger partial charge in [-0.1, -0.05) is 13.8 Å². The molecule has 1 unspecified atom stereocenters. The Morgan fingerprint density at radius 3 is 2.35 bits per heavy atom. The summed E-state index contributed by atoms with van der Waals surface area (Å²) < 4.78 is 28.3.